The molecule has 0 saturated heterocycles. The fourth-order valence-corrected chi connectivity index (χ4v) is 2.58. The number of carbonyl (C=O) groups is 3. The predicted octanol–water partition coefficient (Wildman–Crippen LogP) is 2.26. The highest BCUT2D eigenvalue weighted by Crippen LogP contribution is 2.17. The van der Waals surface area contributed by atoms with Crippen LogP contribution in [0.4, 0.5) is 13.2 Å². The Labute approximate surface area is 176 Å². The summed E-state index contributed by atoms with van der Waals surface area (Å²) in [6.45, 7) is 0.502. The van der Waals surface area contributed by atoms with Crippen LogP contribution in [0.5, 0.6) is 0 Å². The van der Waals surface area contributed by atoms with Gasteiger partial charge in [0.05, 0.1) is 0 Å². The Morgan fingerprint density at radius 2 is 1.68 bits per heavy atom. The lowest BCUT2D eigenvalue weighted by Gasteiger charge is -2.17. The number of amides is 3. The molecule has 0 radical (unpaired) electrons. The number of halogens is 3. The van der Waals surface area contributed by atoms with Crippen molar-refractivity contribution in [2.45, 2.75) is 19.1 Å². The van der Waals surface area contributed by atoms with E-state index in [0.29, 0.717) is 6.54 Å². The first-order valence-electron chi connectivity index (χ1n) is 9.19. The lowest BCUT2D eigenvalue weighted by molar-refractivity contribution is -0.169. The maximum Gasteiger partial charge on any atom is 0.473 e. The van der Waals surface area contributed by atoms with E-state index < -0.39 is 23.8 Å². The molecule has 10 heteroatoms. The Morgan fingerprint density at radius 1 is 1.03 bits per heavy atom. The van der Waals surface area contributed by atoms with Crippen LogP contribution in [0.15, 0.2) is 59.6 Å². The smallest absolute Gasteiger partial charge is 0.383 e. The number of hydrogen-bond donors (Lipinski definition) is 2. The highest BCUT2D eigenvalue weighted by Gasteiger charge is 2.38. The largest absolute Gasteiger partial charge is 0.473 e. The summed E-state index contributed by atoms with van der Waals surface area (Å²) in [6.07, 6.45) is -5.07. The molecule has 0 saturated carbocycles. The lowest BCUT2D eigenvalue weighted by atomic mass is 10.1. The van der Waals surface area contributed by atoms with Crippen LogP contribution in [0, 0.1) is 0 Å². The molecule has 0 aliphatic heterocycles. The van der Waals surface area contributed by atoms with E-state index in [2.05, 4.69) is 10.3 Å². The Bertz CT molecular complexity index is 975. The molecule has 31 heavy (non-hydrogen) atoms. The van der Waals surface area contributed by atoms with Crippen LogP contribution >= 0.6 is 0 Å². The number of nitrogens with two attached hydrogens (primary N) is 1. The minimum absolute atomic E-state index is 0.0103. The molecule has 2 rings (SSSR count). The van der Waals surface area contributed by atoms with E-state index in [1.807, 2.05) is 30.3 Å². The molecule has 2 aromatic rings. The summed E-state index contributed by atoms with van der Waals surface area (Å²) < 4.78 is 36.9. The first kappa shape index (κ1) is 23.6. The minimum Gasteiger partial charge on any atom is -0.383 e. The maximum atomic E-state index is 12.3. The number of alkyl halides is 3. The summed E-state index contributed by atoms with van der Waals surface area (Å²) in [7, 11) is 1.66. The van der Waals surface area contributed by atoms with E-state index in [-0.39, 0.29) is 30.0 Å². The molecule has 0 aromatic heterocycles. The number of nitrogens with zero attached hydrogens (tertiary/aromatic N) is 2. The highest BCUT2D eigenvalue weighted by molar-refractivity contribution is 6.06. The van der Waals surface area contributed by atoms with E-state index in [0.717, 1.165) is 5.56 Å². The van der Waals surface area contributed by atoms with Crippen molar-refractivity contribution in [3.05, 3.63) is 71.3 Å². The van der Waals surface area contributed by atoms with E-state index in [4.69, 9.17) is 5.73 Å². The van der Waals surface area contributed by atoms with Crippen molar-refractivity contribution in [2.75, 3.05) is 13.6 Å². The van der Waals surface area contributed by atoms with Gasteiger partial charge in [-0.1, -0.05) is 42.5 Å². The average molecular weight is 434 g/mol. The van der Waals surface area contributed by atoms with Crippen LogP contribution < -0.4 is 11.1 Å². The van der Waals surface area contributed by atoms with E-state index in [9.17, 15) is 27.6 Å². The first-order chi connectivity index (χ1) is 14.6. The predicted molar refractivity (Wildman–Crippen MR) is 108 cm³/mol. The van der Waals surface area contributed by atoms with Gasteiger partial charge in [-0.2, -0.15) is 18.2 Å². The zero-order chi connectivity index (χ0) is 23.0. The molecule has 0 bridgehead atoms. The van der Waals surface area contributed by atoms with Gasteiger partial charge in [0, 0.05) is 37.7 Å². The van der Waals surface area contributed by atoms with Crippen LogP contribution in [-0.4, -0.2) is 48.2 Å². The van der Waals surface area contributed by atoms with Gasteiger partial charge >= 0.3 is 12.1 Å². The number of aliphatic imine (C=N–C) groups is 1. The van der Waals surface area contributed by atoms with Gasteiger partial charge in [-0.25, -0.2) is 0 Å². The molecule has 0 aliphatic carbocycles. The van der Waals surface area contributed by atoms with Gasteiger partial charge in [-0.05, 0) is 17.7 Å². The number of nitrogens with one attached hydrogen (secondary N) is 1. The molecule has 2 aromatic carbocycles. The average Bonchev–Trinajstić information content (AvgIpc) is 2.73. The second kappa shape index (κ2) is 10.4. The molecule has 164 valence electrons. The maximum absolute atomic E-state index is 12.3. The SMILES string of the molecule is CN(Cc1ccccc1)C(=O)CCNC(=O)c1cccc(C(N)=NC(=O)C(F)(F)F)c1. The minimum atomic E-state index is -5.14. The zero-order valence-electron chi connectivity index (χ0n) is 16.6. The summed E-state index contributed by atoms with van der Waals surface area (Å²) >= 11 is 0. The molecule has 0 spiro atoms. The summed E-state index contributed by atoms with van der Waals surface area (Å²) in [6, 6.07) is 14.8. The first-order valence-corrected chi connectivity index (χ1v) is 9.19. The van der Waals surface area contributed by atoms with Crippen LogP contribution in [-0.2, 0) is 16.1 Å². The van der Waals surface area contributed by atoms with Gasteiger partial charge < -0.3 is 16.0 Å². The van der Waals surface area contributed by atoms with Crippen LogP contribution in [0.3, 0.4) is 0 Å². The molecule has 3 N–H and O–H groups in total. The van der Waals surface area contributed by atoms with Crippen molar-refractivity contribution in [1.82, 2.24) is 10.2 Å². The molecular formula is C21H21F3N4O3. The molecule has 0 heterocycles. The fraction of sp³-hybridized carbons (Fsp3) is 0.238. The second-order valence-corrected chi connectivity index (χ2v) is 6.62. The van der Waals surface area contributed by atoms with E-state index in [1.165, 1.54) is 29.2 Å². The van der Waals surface area contributed by atoms with Crippen molar-refractivity contribution in [3.63, 3.8) is 0 Å². The third-order valence-corrected chi connectivity index (χ3v) is 4.20. The zero-order valence-corrected chi connectivity index (χ0v) is 16.6. The van der Waals surface area contributed by atoms with E-state index in [1.54, 1.807) is 7.05 Å². The summed E-state index contributed by atoms with van der Waals surface area (Å²) in [5.41, 5.74) is 6.51. The van der Waals surface area contributed by atoms with E-state index >= 15 is 0 Å². The highest BCUT2D eigenvalue weighted by atomic mass is 19.4. The van der Waals surface area contributed by atoms with Crippen molar-refractivity contribution in [2.24, 2.45) is 10.7 Å². The molecule has 0 unspecified atom stereocenters. The Kier molecular flexibility index (Phi) is 7.89. The molecule has 0 fully saturated rings. The Hall–Kier alpha value is -3.69. The number of hydrogen-bond acceptors (Lipinski definition) is 3. The third-order valence-electron chi connectivity index (χ3n) is 4.20. The number of benzene rings is 2. The molecule has 0 atom stereocenters. The van der Waals surface area contributed by atoms with Crippen molar-refractivity contribution >= 4 is 23.6 Å². The fourth-order valence-electron chi connectivity index (χ4n) is 2.58. The standard InChI is InChI=1S/C21H21F3N4O3/c1-28(13-14-6-3-2-4-7-14)17(29)10-11-26-19(30)16-9-5-8-15(12-16)18(25)27-20(31)21(22,23)24/h2-9,12H,10-11,13H2,1H3,(H,26,30)(H2,25,27,31). The van der Waals surface area contributed by atoms with Gasteiger partial charge in [-0.15, -0.1) is 0 Å². The van der Waals surface area contributed by atoms with Gasteiger partial charge in [0.25, 0.3) is 5.91 Å². The van der Waals surface area contributed by atoms with Gasteiger partial charge in [0.2, 0.25) is 5.91 Å². The van der Waals surface area contributed by atoms with Crippen LogP contribution in [0.25, 0.3) is 0 Å². The Morgan fingerprint density at radius 3 is 2.32 bits per heavy atom. The number of amidine groups is 1. The molecule has 3 amide bonds. The van der Waals surface area contributed by atoms with Crippen LogP contribution in [0.2, 0.25) is 0 Å². The quantitative estimate of drug-likeness (QED) is 0.515. The molecule has 7 nitrogen and oxygen atoms in total. The van der Waals surface area contributed by atoms with Gasteiger partial charge in [0.1, 0.15) is 5.84 Å². The topological polar surface area (TPSA) is 105 Å². The lowest BCUT2D eigenvalue weighted by Crippen LogP contribution is -2.32. The number of carbonyl (C=O) groups excluding carboxylic acids is 3. The normalized spacial score (nSPS) is 11.7. The number of rotatable bonds is 7. The summed E-state index contributed by atoms with van der Waals surface area (Å²) in [4.78, 5) is 39.8. The van der Waals surface area contributed by atoms with Crippen molar-refractivity contribution < 1.29 is 27.6 Å². The van der Waals surface area contributed by atoms with Crippen molar-refractivity contribution in [3.8, 4) is 0 Å². The second-order valence-electron chi connectivity index (χ2n) is 6.62. The van der Waals surface area contributed by atoms with Crippen LogP contribution in [0.1, 0.15) is 27.9 Å². The summed E-state index contributed by atoms with van der Waals surface area (Å²) in [5, 5.41) is 2.57. The Balaban J connectivity index is 1.91. The molecule has 0 aliphatic rings. The molecular weight excluding hydrogens is 413 g/mol. The van der Waals surface area contributed by atoms with Crippen molar-refractivity contribution in [1.29, 1.82) is 0 Å². The van der Waals surface area contributed by atoms with Gasteiger partial charge in [-0.3, -0.25) is 14.4 Å². The third kappa shape index (κ3) is 7.25. The summed E-state index contributed by atoms with van der Waals surface area (Å²) in [5.74, 6) is -3.71. The monoisotopic (exact) mass is 434 g/mol. The van der Waals surface area contributed by atoms with Gasteiger partial charge in [0.15, 0.2) is 0 Å².